The van der Waals surface area contributed by atoms with Crippen molar-refractivity contribution >= 4 is 11.8 Å². The molecule has 2 aliphatic rings. The second-order valence-corrected chi connectivity index (χ2v) is 5.52. The van der Waals surface area contributed by atoms with Gasteiger partial charge in [0.1, 0.15) is 5.82 Å². The van der Waals surface area contributed by atoms with Crippen LogP contribution in [0.3, 0.4) is 0 Å². The summed E-state index contributed by atoms with van der Waals surface area (Å²) in [6.07, 6.45) is 2.42. The lowest BCUT2D eigenvalue weighted by Gasteiger charge is -2.44. The van der Waals surface area contributed by atoms with Gasteiger partial charge in [-0.1, -0.05) is 18.6 Å². The molecule has 0 atom stereocenters. The third-order valence-corrected chi connectivity index (χ3v) is 4.32. The molecule has 2 amide bonds. The molecule has 1 aliphatic heterocycles. The molecule has 1 aromatic rings. The number of hydrogen-bond donors (Lipinski definition) is 1. The molecule has 0 unspecified atom stereocenters. The van der Waals surface area contributed by atoms with Crippen molar-refractivity contribution in [3.8, 4) is 0 Å². The van der Waals surface area contributed by atoms with Crippen LogP contribution in [0.25, 0.3) is 0 Å². The van der Waals surface area contributed by atoms with E-state index in [0.29, 0.717) is 13.1 Å². The van der Waals surface area contributed by atoms with Gasteiger partial charge >= 0.3 is 0 Å². The molecular weight excluding hydrogens is 259 g/mol. The summed E-state index contributed by atoms with van der Waals surface area (Å²) in [4.78, 5) is 25.8. The van der Waals surface area contributed by atoms with E-state index in [1.54, 1.807) is 11.0 Å². The first-order valence-corrected chi connectivity index (χ1v) is 6.94. The highest BCUT2D eigenvalue weighted by atomic mass is 19.1. The number of carbonyl (C=O) groups is 2. The van der Waals surface area contributed by atoms with Crippen LogP contribution in [0.4, 0.5) is 4.39 Å². The van der Waals surface area contributed by atoms with Gasteiger partial charge in [-0.05, 0) is 30.5 Å². The molecular formula is C15H17FN2O2. The zero-order chi connectivity index (χ0) is 14.2. The fourth-order valence-electron chi connectivity index (χ4n) is 3.06. The highest BCUT2D eigenvalue weighted by molar-refractivity contribution is 5.93. The normalized spacial score (nSPS) is 21.1. The molecule has 5 heteroatoms. The summed E-state index contributed by atoms with van der Waals surface area (Å²) < 4.78 is 13.4. The minimum Gasteiger partial charge on any atom is -0.353 e. The van der Waals surface area contributed by atoms with Gasteiger partial charge in [-0.3, -0.25) is 9.59 Å². The Morgan fingerprint density at radius 1 is 1.35 bits per heavy atom. The molecule has 2 fully saturated rings. The number of hydrogen-bond acceptors (Lipinski definition) is 2. The predicted molar refractivity (Wildman–Crippen MR) is 71.5 cm³/mol. The predicted octanol–water partition coefficient (Wildman–Crippen LogP) is 1.21. The molecule has 1 N–H and O–H groups in total. The number of amides is 2. The molecule has 0 bridgehead atoms. The maximum atomic E-state index is 13.4. The Morgan fingerprint density at radius 2 is 2.15 bits per heavy atom. The number of carbonyl (C=O) groups excluding carboxylic acids is 2. The second-order valence-electron chi connectivity index (χ2n) is 5.52. The maximum absolute atomic E-state index is 13.4. The molecule has 4 nitrogen and oxygen atoms in total. The molecule has 20 heavy (non-hydrogen) atoms. The van der Waals surface area contributed by atoms with Crippen LogP contribution in [-0.4, -0.2) is 36.3 Å². The molecule has 0 spiro atoms. The largest absolute Gasteiger partial charge is 0.353 e. The van der Waals surface area contributed by atoms with Crippen LogP contribution < -0.4 is 5.32 Å². The quantitative estimate of drug-likeness (QED) is 0.882. The van der Waals surface area contributed by atoms with Crippen LogP contribution in [-0.2, 0) is 15.0 Å². The van der Waals surface area contributed by atoms with Gasteiger partial charge in [0.15, 0.2) is 0 Å². The average molecular weight is 276 g/mol. The molecule has 1 saturated carbocycles. The summed E-state index contributed by atoms with van der Waals surface area (Å²) in [6, 6.07) is 6.28. The monoisotopic (exact) mass is 276 g/mol. The fourth-order valence-corrected chi connectivity index (χ4v) is 3.06. The molecule has 1 aliphatic carbocycles. The van der Waals surface area contributed by atoms with Gasteiger partial charge in [-0.15, -0.1) is 0 Å². The third-order valence-electron chi connectivity index (χ3n) is 4.32. The van der Waals surface area contributed by atoms with Crippen molar-refractivity contribution in [3.63, 3.8) is 0 Å². The molecule has 106 valence electrons. The Hall–Kier alpha value is -1.91. The summed E-state index contributed by atoms with van der Waals surface area (Å²) in [5, 5.41) is 2.71. The van der Waals surface area contributed by atoms with Crippen molar-refractivity contribution in [2.45, 2.75) is 24.7 Å². The van der Waals surface area contributed by atoms with E-state index in [1.807, 2.05) is 6.07 Å². The molecule has 1 saturated heterocycles. The standard InChI is InChI=1S/C15H17FN2O2/c16-12-4-1-3-11(9-12)15(5-2-6-15)14(20)18-8-7-17-13(19)10-18/h1,3-4,9H,2,5-8,10H2,(H,17,19). The third kappa shape index (κ3) is 2.07. The zero-order valence-electron chi connectivity index (χ0n) is 11.2. The molecule has 1 heterocycles. The molecule has 0 radical (unpaired) electrons. The van der Waals surface area contributed by atoms with E-state index >= 15 is 0 Å². The SMILES string of the molecule is O=C1CN(C(=O)C2(c3cccc(F)c3)CCC2)CCN1. The first-order chi connectivity index (χ1) is 9.62. The van der Waals surface area contributed by atoms with Crippen LogP contribution in [0.15, 0.2) is 24.3 Å². The molecule has 0 aromatic heterocycles. The topological polar surface area (TPSA) is 49.4 Å². The summed E-state index contributed by atoms with van der Waals surface area (Å²) in [7, 11) is 0. The highest BCUT2D eigenvalue weighted by Crippen LogP contribution is 2.45. The van der Waals surface area contributed by atoms with Crippen LogP contribution in [0.5, 0.6) is 0 Å². The summed E-state index contributed by atoms with van der Waals surface area (Å²) >= 11 is 0. The van der Waals surface area contributed by atoms with Crippen molar-refractivity contribution in [1.29, 1.82) is 0 Å². The van der Waals surface area contributed by atoms with E-state index in [4.69, 9.17) is 0 Å². The van der Waals surface area contributed by atoms with Crippen LogP contribution in [0.2, 0.25) is 0 Å². The van der Waals surface area contributed by atoms with Crippen molar-refractivity contribution in [3.05, 3.63) is 35.6 Å². The van der Waals surface area contributed by atoms with E-state index in [9.17, 15) is 14.0 Å². The lowest BCUT2D eigenvalue weighted by atomic mass is 9.63. The van der Waals surface area contributed by atoms with Crippen LogP contribution in [0.1, 0.15) is 24.8 Å². The van der Waals surface area contributed by atoms with E-state index in [2.05, 4.69) is 5.32 Å². The number of halogens is 1. The van der Waals surface area contributed by atoms with E-state index in [0.717, 1.165) is 24.8 Å². The Balaban J connectivity index is 1.88. The Kier molecular flexibility index (Phi) is 3.20. The zero-order valence-corrected chi connectivity index (χ0v) is 11.2. The van der Waals surface area contributed by atoms with E-state index in [1.165, 1.54) is 12.1 Å². The number of piperazine rings is 1. The van der Waals surface area contributed by atoms with Gasteiger partial charge in [0.05, 0.1) is 12.0 Å². The number of nitrogens with zero attached hydrogens (tertiary/aromatic N) is 1. The average Bonchev–Trinajstić information content (AvgIpc) is 2.37. The second kappa shape index (κ2) is 4.89. The lowest BCUT2D eigenvalue weighted by Crippen LogP contribution is -2.57. The van der Waals surface area contributed by atoms with Gasteiger partial charge in [-0.2, -0.15) is 0 Å². The number of rotatable bonds is 2. The molecule has 3 rings (SSSR count). The lowest BCUT2D eigenvalue weighted by molar-refractivity contribution is -0.145. The summed E-state index contributed by atoms with van der Waals surface area (Å²) in [5.41, 5.74) is 0.111. The fraction of sp³-hybridized carbons (Fsp3) is 0.467. The Labute approximate surface area is 117 Å². The minimum absolute atomic E-state index is 0.0378. The highest BCUT2D eigenvalue weighted by Gasteiger charge is 2.48. The smallest absolute Gasteiger partial charge is 0.239 e. The van der Waals surface area contributed by atoms with Crippen LogP contribution in [0, 0.1) is 5.82 Å². The van der Waals surface area contributed by atoms with Gasteiger partial charge in [0.2, 0.25) is 11.8 Å². The maximum Gasteiger partial charge on any atom is 0.239 e. The summed E-state index contributed by atoms with van der Waals surface area (Å²) in [6.45, 7) is 1.13. The van der Waals surface area contributed by atoms with Crippen molar-refractivity contribution in [2.24, 2.45) is 0 Å². The number of nitrogens with one attached hydrogen (secondary N) is 1. The van der Waals surface area contributed by atoms with Crippen molar-refractivity contribution < 1.29 is 14.0 Å². The van der Waals surface area contributed by atoms with Gasteiger partial charge < -0.3 is 10.2 Å². The van der Waals surface area contributed by atoms with E-state index in [-0.39, 0.29) is 24.2 Å². The molecule has 1 aromatic carbocycles. The van der Waals surface area contributed by atoms with Crippen LogP contribution >= 0.6 is 0 Å². The van der Waals surface area contributed by atoms with Gasteiger partial charge in [-0.25, -0.2) is 4.39 Å². The minimum atomic E-state index is -0.625. The van der Waals surface area contributed by atoms with E-state index < -0.39 is 5.41 Å². The Morgan fingerprint density at radius 3 is 2.75 bits per heavy atom. The first-order valence-electron chi connectivity index (χ1n) is 6.94. The van der Waals surface area contributed by atoms with Gasteiger partial charge in [0, 0.05) is 13.1 Å². The summed E-state index contributed by atoms with van der Waals surface area (Å²) in [5.74, 6) is -0.486. The van der Waals surface area contributed by atoms with Crippen molar-refractivity contribution in [1.82, 2.24) is 10.2 Å². The number of benzene rings is 1. The van der Waals surface area contributed by atoms with Crippen molar-refractivity contribution in [2.75, 3.05) is 19.6 Å². The first kappa shape index (κ1) is 13.1. The Bertz CT molecular complexity index is 555. The van der Waals surface area contributed by atoms with Gasteiger partial charge in [0.25, 0.3) is 0 Å².